The third kappa shape index (κ3) is 3.01. The van der Waals surface area contributed by atoms with E-state index in [0.29, 0.717) is 13.2 Å². The van der Waals surface area contributed by atoms with Crippen molar-refractivity contribution in [3.8, 4) is 11.1 Å². The molecule has 3 aromatic carbocycles. The average molecular weight is 502 g/mol. The zero-order valence-electron chi connectivity index (χ0n) is 19.8. The molecule has 3 aromatic rings. The molecule has 0 heterocycles. The van der Waals surface area contributed by atoms with Crippen molar-refractivity contribution in [2.75, 3.05) is 0 Å². The Morgan fingerprint density at radius 2 is 1.32 bits per heavy atom. The van der Waals surface area contributed by atoms with Crippen LogP contribution in [0, 0.1) is 6.92 Å². The fourth-order valence-electron chi connectivity index (χ4n) is 6.91. The fraction of sp³-hybridized carbons (Fsp3) is 0.310. The van der Waals surface area contributed by atoms with Gasteiger partial charge in [-0.05, 0) is 0 Å². The molecule has 0 bridgehead atoms. The molecule has 0 N–H and O–H groups in total. The van der Waals surface area contributed by atoms with Gasteiger partial charge in [0.1, 0.15) is 0 Å². The zero-order chi connectivity index (χ0) is 22.2. The second-order valence-corrected chi connectivity index (χ2v) is 41.8. The van der Waals surface area contributed by atoms with Gasteiger partial charge in [-0.25, -0.2) is 0 Å². The minimum absolute atomic E-state index is 0.554. The average Bonchev–Trinajstić information content (AvgIpc) is 3.24. The molecule has 2 heteroatoms. The van der Waals surface area contributed by atoms with Crippen LogP contribution in [0.2, 0.25) is 9.26 Å². The van der Waals surface area contributed by atoms with Gasteiger partial charge in [0.25, 0.3) is 0 Å². The van der Waals surface area contributed by atoms with E-state index in [4.69, 9.17) is 0 Å². The molecule has 0 aromatic heterocycles. The van der Waals surface area contributed by atoms with Crippen molar-refractivity contribution >= 4 is 13.0 Å². The molecule has 0 spiro atoms. The van der Waals surface area contributed by atoms with Crippen LogP contribution < -0.4 is 0 Å². The van der Waals surface area contributed by atoms with E-state index in [1.54, 1.807) is 22.3 Å². The van der Waals surface area contributed by atoms with Gasteiger partial charge in [0.05, 0.1) is 0 Å². The summed E-state index contributed by atoms with van der Waals surface area (Å²) in [5, 5.41) is 0. The van der Waals surface area contributed by atoms with Crippen LogP contribution in [0.1, 0.15) is 67.3 Å². The van der Waals surface area contributed by atoms with Crippen LogP contribution in [0.4, 0.5) is 0 Å². The summed E-state index contributed by atoms with van der Waals surface area (Å²) in [6, 6.07) is 23.2. The quantitative estimate of drug-likeness (QED) is 0.323. The Bertz CT molecular complexity index is 1270. The number of hydrogen-bond donors (Lipinski definition) is 0. The Labute approximate surface area is 190 Å². The van der Waals surface area contributed by atoms with Gasteiger partial charge in [-0.3, -0.25) is 0 Å². The molecule has 0 aliphatic heterocycles. The molecule has 1 unspecified atom stereocenters. The number of rotatable bonds is 3. The van der Waals surface area contributed by atoms with Gasteiger partial charge in [0.2, 0.25) is 0 Å². The maximum atomic E-state index is 2.74. The second kappa shape index (κ2) is 7.00. The molecule has 0 amide bonds. The molecule has 5 rings (SSSR count). The van der Waals surface area contributed by atoms with Crippen molar-refractivity contribution in [3.63, 3.8) is 0 Å². The van der Waals surface area contributed by atoms with Crippen LogP contribution in [0.5, 0.6) is 0 Å². The summed E-state index contributed by atoms with van der Waals surface area (Å²) < 4.78 is 6.63. The maximum absolute atomic E-state index is 3.44. The Hall–Kier alpha value is -1.50. The van der Waals surface area contributed by atoms with Crippen molar-refractivity contribution in [2.45, 2.75) is 50.1 Å². The predicted octanol–water partition coefficient (Wildman–Crippen LogP) is 7.68. The fourth-order valence-corrected chi connectivity index (χ4v) is 26.9. The Morgan fingerprint density at radius 1 is 0.774 bits per heavy atom. The van der Waals surface area contributed by atoms with Crippen LogP contribution in [-0.4, -0.2) is 6.88 Å². The molecule has 2 aliphatic carbocycles. The third-order valence-corrected chi connectivity index (χ3v) is 25.5. The van der Waals surface area contributed by atoms with Crippen molar-refractivity contribution in [1.29, 1.82) is 0 Å². The first kappa shape index (κ1) is 21.4. The van der Waals surface area contributed by atoms with Gasteiger partial charge in [-0.1, -0.05) is 0 Å². The normalized spacial score (nSPS) is 18.1. The van der Waals surface area contributed by atoms with E-state index in [9.17, 15) is 0 Å². The summed E-state index contributed by atoms with van der Waals surface area (Å²) in [7, 11) is 0. The molecule has 0 radical (unpaired) electrons. The number of hydrogen-bond acceptors (Lipinski definition) is 0. The molecule has 1 atom stereocenters. The van der Waals surface area contributed by atoms with Crippen LogP contribution in [-0.2, 0) is 17.4 Å². The first-order valence-corrected chi connectivity index (χ1v) is 25.3. The monoisotopic (exact) mass is 500 g/mol. The summed E-state index contributed by atoms with van der Waals surface area (Å²) in [5.74, 6) is 0.554. The number of fused-ring (bicyclic) bond motifs is 4. The first-order chi connectivity index (χ1) is 14.6. The number of aryl methyl sites for hydroxylation is 1. The molecule has 2 aliphatic rings. The van der Waals surface area contributed by atoms with E-state index in [2.05, 4.69) is 111 Å². The van der Waals surface area contributed by atoms with Crippen LogP contribution >= 0.6 is 0 Å². The first-order valence-electron chi connectivity index (χ1n) is 11.7. The molecular weight excluding hydrogens is 468 g/mol. The molecule has 31 heavy (non-hydrogen) atoms. The Kier molecular flexibility index (Phi) is 4.82. The van der Waals surface area contributed by atoms with Crippen LogP contribution in [0.3, 0.4) is 0 Å². The van der Waals surface area contributed by atoms with Crippen molar-refractivity contribution in [2.24, 2.45) is 0 Å². The topological polar surface area (TPSA) is 0 Å². The molecule has 0 fully saturated rings. The SMILES string of the molecule is CC1=Cc2c(C(C)C)ccc(C)c2[CH]1[Zr]([CH3])([CH3])(=[SiH2])[CH]1c2ccccc2-c2ccccc21. The molecule has 0 saturated carbocycles. The van der Waals surface area contributed by atoms with Crippen molar-refractivity contribution in [1.82, 2.24) is 0 Å². The summed E-state index contributed by atoms with van der Waals surface area (Å²) >= 11 is -3.44. The number of allylic oxidation sites excluding steroid dienone is 1. The van der Waals surface area contributed by atoms with Crippen molar-refractivity contribution < 1.29 is 17.4 Å². The standard InChI is InChI=1S/C14H17.C13H9.2CH3.H2Si.Zr/c1-9(2)12-6-5-11(4)13-7-10(3)8-14(12)13;1-3-7-12-10(5-1)9-11-6-2-4-8-13(11)12;;;;/h5-9H,1-4H3;1-9H;2*1H3;1H2;. The number of benzene rings is 3. The Balaban J connectivity index is 1.79. The van der Waals surface area contributed by atoms with E-state index in [1.807, 2.05) is 0 Å². The van der Waals surface area contributed by atoms with Crippen LogP contribution in [0.15, 0.2) is 66.2 Å². The van der Waals surface area contributed by atoms with E-state index < -0.39 is 17.4 Å². The zero-order valence-corrected chi connectivity index (χ0v) is 23.7. The van der Waals surface area contributed by atoms with Gasteiger partial charge < -0.3 is 0 Å². The third-order valence-electron chi connectivity index (χ3n) is 8.01. The van der Waals surface area contributed by atoms with E-state index in [1.165, 1.54) is 27.8 Å². The van der Waals surface area contributed by atoms with E-state index in [0.717, 1.165) is 0 Å². The molecule has 0 nitrogen and oxygen atoms in total. The predicted molar refractivity (Wildman–Crippen MR) is 136 cm³/mol. The molecule has 0 saturated heterocycles. The summed E-state index contributed by atoms with van der Waals surface area (Å²) in [6.07, 6.45) is 2.55. The van der Waals surface area contributed by atoms with Gasteiger partial charge in [0, 0.05) is 0 Å². The molecular formula is C29H34SiZr. The minimum atomic E-state index is -3.44. The molecule has 158 valence electrons. The van der Waals surface area contributed by atoms with Crippen LogP contribution in [0.25, 0.3) is 17.2 Å². The van der Waals surface area contributed by atoms with Crippen molar-refractivity contribution in [3.05, 3.63) is 99.6 Å². The Morgan fingerprint density at radius 3 is 1.87 bits per heavy atom. The van der Waals surface area contributed by atoms with E-state index >= 15 is 0 Å². The van der Waals surface area contributed by atoms with Gasteiger partial charge >= 0.3 is 191 Å². The summed E-state index contributed by atoms with van der Waals surface area (Å²) in [6.45, 7) is 11.9. The van der Waals surface area contributed by atoms with Gasteiger partial charge in [0.15, 0.2) is 0 Å². The summed E-state index contributed by atoms with van der Waals surface area (Å²) in [5.41, 5.74) is 13.9. The van der Waals surface area contributed by atoms with Gasteiger partial charge in [-0.15, -0.1) is 0 Å². The summed E-state index contributed by atoms with van der Waals surface area (Å²) in [4.78, 5) is 0. The van der Waals surface area contributed by atoms with E-state index in [-0.39, 0.29) is 0 Å². The van der Waals surface area contributed by atoms with Gasteiger partial charge in [-0.2, -0.15) is 0 Å². The second-order valence-electron chi connectivity index (χ2n) is 11.3.